The molecule has 0 heterocycles. The molecule has 0 aromatic heterocycles. The van der Waals surface area contributed by atoms with E-state index in [9.17, 15) is 0 Å². The van der Waals surface area contributed by atoms with E-state index >= 15 is 0 Å². The van der Waals surface area contributed by atoms with Gasteiger partial charge in [-0.15, -0.1) is 0 Å². The van der Waals surface area contributed by atoms with Gasteiger partial charge >= 0.3 is 0 Å². The molecule has 0 radical (unpaired) electrons. The van der Waals surface area contributed by atoms with Crippen LogP contribution in [0.25, 0.3) is 56.5 Å². The summed E-state index contributed by atoms with van der Waals surface area (Å²) in [5.74, 6) is 0. The van der Waals surface area contributed by atoms with Crippen molar-refractivity contribution in [1.82, 2.24) is 0 Å². The van der Waals surface area contributed by atoms with Crippen molar-refractivity contribution in [2.45, 2.75) is 33.6 Å². The molecule has 0 aliphatic rings. The number of benzene rings is 7. The van der Waals surface area contributed by atoms with Gasteiger partial charge in [0.15, 0.2) is 0 Å². The highest BCUT2D eigenvalue weighted by atomic mass is 15.1. The summed E-state index contributed by atoms with van der Waals surface area (Å²) >= 11 is 0. The first-order chi connectivity index (χ1) is 28.5. The minimum atomic E-state index is 0.833. The zero-order valence-corrected chi connectivity index (χ0v) is 34.0. The fraction of sp³-hybridized carbons (Fsp3) is 0.0877. The third kappa shape index (κ3) is 8.12. The maximum atomic E-state index is 4.20. The van der Waals surface area contributed by atoms with Crippen LogP contribution in [0.5, 0.6) is 0 Å². The van der Waals surface area contributed by atoms with E-state index in [-0.39, 0.29) is 0 Å². The molecule has 7 aromatic rings. The van der Waals surface area contributed by atoms with Crippen molar-refractivity contribution in [2.24, 2.45) is 0 Å². The lowest BCUT2D eigenvalue weighted by atomic mass is 9.90. The molecule has 284 valence electrons. The molecule has 0 N–H and O–H groups in total. The van der Waals surface area contributed by atoms with E-state index in [2.05, 4.69) is 215 Å². The second-order valence-corrected chi connectivity index (χ2v) is 14.5. The molecule has 0 aliphatic carbocycles. The summed E-state index contributed by atoms with van der Waals surface area (Å²) < 4.78 is 0. The van der Waals surface area contributed by atoms with Gasteiger partial charge in [-0.2, -0.15) is 0 Å². The summed E-state index contributed by atoms with van der Waals surface area (Å²) in [4.78, 5) is 2.34. The molecule has 0 aliphatic heterocycles. The number of allylic oxidation sites excluding steroid dienone is 7. The van der Waals surface area contributed by atoms with Gasteiger partial charge in [0, 0.05) is 22.8 Å². The fourth-order valence-corrected chi connectivity index (χ4v) is 8.12. The number of rotatable bonds is 14. The van der Waals surface area contributed by atoms with E-state index in [1.807, 2.05) is 24.3 Å². The average Bonchev–Trinajstić information content (AvgIpc) is 3.26. The Kier molecular flexibility index (Phi) is 12.4. The molecule has 7 rings (SSSR count). The summed E-state index contributed by atoms with van der Waals surface area (Å²) in [5, 5.41) is 4.71. The standard InChI is InChI=1S/C57H51N/c1-7-12-26-49-41(6)38-46-24-15-18-29-53(46)57(49)58(37-36-45(21-8-2)56-40-44(11-5)50(22-9-3)54-30-19-20-31-55(54)56)48-34-32-42(33-35-48)39-47-25-14-17-28-52(47)51-27-16-13-23-43(51)10-4/h7-9,11-38,40H,1-2,5,10,39H2,3-4,6H3/b22-9-,26-12-,37-36-,45-21+. The lowest BCUT2D eigenvalue weighted by Gasteiger charge is -2.27. The second-order valence-electron chi connectivity index (χ2n) is 14.5. The van der Waals surface area contributed by atoms with Crippen molar-refractivity contribution in [3.8, 4) is 11.1 Å². The first-order valence-corrected chi connectivity index (χ1v) is 20.2. The molecule has 0 fully saturated rings. The molecular formula is C57H51N. The van der Waals surface area contributed by atoms with E-state index in [0.717, 1.165) is 46.5 Å². The van der Waals surface area contributed by atoms with E-state index in [4.69, 9.17) is 0 Å². The van der Waals surface area contributed by atoms with E-state index in [0.29, 0.717) is 0 Å². The summed E-state index contributed by atoms with van der Waals surface area (Å²) in [6.45, 7) is 18.8. The molecule has 0 bridgehead atoms. The number of hydrogen-bond donors (Lipinski definition) is 0. The molecule has 0 atom stereocenters. The van der Waals surface area contributed by atoms with Gasteiger partial charge in [0.05, 0.1) is 5.69 Å². The molecule has 1 nitrogen and oxygen atoms in total. The first-order valence-electron chi connectivity index (χ1n) is 20.2. The number of anilines is 2. The Labute approximate surface area is 345 Å². The molecule has 1 heteroatoms. The monoisotopic (exact) mass is 749 g/mol. The predicted octanol–water partition coefficient (Wildman–Crippen LogP) is 15.9. The van der Waals surface area contributed by atoms with E-state index < -0.39 is 0 Å². The minimum Gasteiger partial charge on any atom is -0.316 e. The molecule has 0 amide bonds. The summed E-state index contributed by atoms with van der Waals surface area (Å²) in [7, 11) is 0. The van der Waals surface area contributed by atoms with Crippen LogP contribution in [0.1, 0.15) is 58.4 Å². The van der Waals surface area contributed by atoms with Crippen molar-refractivity contribution in [3.63, 3.8) is 0 Å². The van der Waals surface area contributed by atoms with Crippen molar-refractivity contribution in [2.75, 3.05) is 4.90 Å². The van der Waals surface area contributed by atoms with Crippen LogP contribution in [0, 0.1) is 6.92 Å². The largest absolute Gasteiger partial charge is 0.316 e. The third-order valence-electron chi connectivity index (χ3n) is 10.9. The first kappa shape index (κ1) is 39.3. The van der Waals surface area contributed by atoms with Crippen LogP contribution in [0.2, 0.25) is 0 Å². The zero-order chi connectivity index (χ0) is 40.4. The topological polar surface area (TPSA) is 3.24 Å². The van der Waals surface area contributed by atoms with Gasteiger partial charge < -0.3 is 4.90 Å². The average molecular weight is 750 g/mol. The lowest BCUT2D eigenvalue weighted by molar-refractivity contribution is 1.13. The van der Waals surface area contributed by atoms with Crippen LogP contribution in [-0.4, -0.2) is 0 Å². The predicted molar refractivity (Wildman–Crippen MR) is 257 cm³/mol. The Morgan fingerprint density at radius 3 is 2.00 bits per heavy atom. The van der Waals surface area contributed by atoms with Gasteiger partial charge in [-0.3, -0.25) is 0 Å². The quantitative estimate of drug-likeness (QED) is 0.100. The third-order valence-corrected chi connectivity index (χ3v) is 10.9. The van der Waals surface area contributed by atoms with E-state index in [1.165, 1.54) is 60.5 Å². The highest BCUT2D eigenvalue weighted by molar-refractivity contribution is 6.04. The maximum absolute atomic E-state index is 4.20. The molecule has 58 heavy (non-hydrogen) atoms. The summed E-state index contributed by atoms with van der Waals surface area (Å²) in [6, 6.07) is 48.5. The Balaban J connectivity index is 1.39. The second kappa shape index (κ2) is 18.3. The Hall–Kier alpha value is -6.96. The van der Waals surface area contributed by atoms with Gasteiger partial charge in [0.1, 0.15) is 0 Å². The van der Waals surface area contributed by atoms with Gasteiger partial charge in [-0.1, -0.05) is 191 Å². The van der Waals surface area contributed by atoms with E-state index in [1.54, 1.807) is 0 Å². The summed E-state index contributed by atoms with van der Waals surface area (Å²) in [5.41, 5.74) is 15.5. The maximum Gasteiger partial charge on any atom is 0.0608 e. The SMILES string of the molecule is C=C/C=C\c1c(C)cc2ccccc2c1N(/C=C\C(=C/C=C)c1cc(C=C)c(/C=C\C)c2ccccc12)c1ccc(Cc2ccccc2-c2ccccc2CC)cc1. The molecule has 7 aromatic carbocycles. The number of aryl methyl sites for hydroxylation is 2. The van der Waals surface area contributed by atoms with Crippen molar-refractivity contribution >= 4 is 56.7 Å². The van der Waals surface area contributed by atoms with Crippen LogP contribution < -0.4 is 4.90 Å². The molecule has 0 saturated heterocycles. The fourth-order valence-electron chi connectivity index (χ4n) is 8.12. The Morgan fingerprint density at radius 1 is 0.655 bits per heavy atom. The molecule has 0 saturated carbocycles. The van der Waals surface area contributed by atoms with Crippen molar-refractivity contribution in [1.29, 1.82) is 0 Å². The lowest BCUT2D eigenvalue weighted by Crippen LogP contribution is -2.12. The Morgan fingerprint density at radius 2 is 1.31 bits per heavy atom. The molecule has 0 spiro atoms. The summed E-state index contributed by atoms with van der Waals surface area (Å²) in [6.07, 6.45) is 22.5. The van der Waals surface area contributed by atoms with Crippen LogP contribution >= 0.6 is 0 Å². The van der Waals surface area contributed by atoms with Gasteiger partial charge in [0.25, 0.3) is 0 Å². The highest BCUT2D eigenvalue weighted by Crippen LogP contribution is 2.40. The van der Waals surface area contributed by atoms with Crippen molar-refractivity contribution < 1.29 is 0 Å². The van der Waals surface area contributed by atoms with Crippen molar-refractivity contribution in [3.05, 3.63) is 240 Å². The van der Waals surface area contributed by atoms with Crippen LogP contribution in [0.3, 0.4) is 0 Å². The van der Waals surface area contributed by atoms with Crippen LogP contribution in [0.4, 0.5) is 11.4 Å². The zero-order valence-electron chi connectivity index (χ0n) is 34.0. The smallest absolute Gasteiger partial charge is 0.0608 e. The Bertz CT molecular complexity index is 2750. The number of nitrogens with zero attached hydrogens (tertiary/aromatic N) is 1. The van der Waals surface area contributed by atoms with Gasteiger partial charge in [0.2, 0.25) is 0 Å². The highest BCUT2D eigenvalue weighted by Gasteiger charge is 2.18. The van der Waals surface area contributed by atoms with Gasteiger partial charge in [-0.05, 0) is 123 Å². The number of hydrogen-bond acceptors (Lipinski definition) is 1. The van der Waals surface area contributed by atoms with Crippen LogP contribution in [0.15, 0.2) is 196 Å². The number of fused-ring (bicyclic) bond motifs is 2. The van der Waals surface area contributed by atoms with Gasteiger partial charge in [-0.25, -0.2) is 0 Å². The minimum absolute atomic E-state index is 0.833. The normalized spacial score (nSPS) is 11.9. The molecule has 0 unspecified atom stereocenters. The van der Waals surface area contributed by atoms with Crippen LogP contribution in [-0.2, 0) is 12.8 Å². The molecular weight excluding hydrogens is 699 g/mol.